The van der Waals surface area contributed by atoms with E-state index in [4.69, 9.17) is 0 Å². The van der Waals surface area contributed by atoms with Crippen LogP contribution in [0.4, 0.5) is 0 Å². The Bertz CT molecular complexity index is 196. The second-order valence-corrected chi connectivity index (χ2v) is 4.87. The van der Waals surface area contributed by atoms with Crippen LogP contribution in [0.2, 0.25) is 0 Å². The molecule has 0 aromatic carbocycles. The third-order valence-electron chi connectivity index (χ3n) is 3.12. The van der Waals surface area contributed by atoms with E-state index in [-0.39, 0.29) is 0 Å². The lowest BCUT2D eigenvalue weighted by atomic mass is 9.96. The van der Waals surface area contributed by atoms with Crippen LogP contribution in [0, 0.1) is 5.92 Å². The molecule has 0 amide bonds. The summed E-state index contributed by atoms with van der Waals surface area (Å²) in [5.41, 5.74) is 0. The second kappa shape index (κ2) is 6.23. The molecule has 1 aliphatic heterocycles. The molecule has 0 spiro atoms. The topological polar surface area (TPSA) is 23.6 Å². The number of carbonyl (C=O) groups is 1. The molecule has 0 bridgehead atoms. The highest BCUT2D eigenvalue weighted by Gasteiger charge is 2.20. The van der Waals surface area contributed by atoms with Crippen molar-refractivity contribution in [1.82, 2.24) is 9.80 Å². The molecule has 0 saturated carbocycles. The molecular formula is C12H24N2O. The summed E-state index contributed by atoms with van der Waals surface area (Å²) < 4.78 is 0. The number of rotatable bonds is 5. The summed E-state index contributed by atoms with van der Waals surface area (Å²) in [6.45, 7) is 6.01. The zero-order valence-corrected chi connectivity index (χ0v) is 10.3. The Labute approximate surface area is 93.4 Å². The summed E-state index contributed by atoms with van der Waals surface area (Å²) in [5.74, 6) is 1.20. The van der Waals surface area contributed by atoms with Gasteiger partial charge in [-0.05, 0) is 45.9 Å². The van der Waals surface area contributed by atoms with Gasteiger partial charge < -0.3 is 4.90 Å². The number of piperidine rings is 1. The minimum Gasteiger partial charge on any atom is -0.309 e. The smallest absolute Gasteiger partial charge is 0.146 e. The Balaban J connectivity index is 2.20. The van der Waals surface area contributed by atoms with Crippen molar-refractivity contribution < 1.29 is 4.79 Å². The summed E-state index contributed by atoms with van der Waals surface area (Å²) in [7, 11) is 4.26. The first-order valence-electron chi connectivity index (χ1n) is 6.00. The van der Waals surface area contributed by atoms with Gasteiger partial charge in [0.25, 0.3) is 0 Å². The maximum Gasteiger partial charge on any atom is 0.146 e. The van der Waals surface area contributed by atoms with Gasteiger partial charge in [0.1, 0.15) is 5.78 Å². The first-order valence-corrected chi connectivity index (χ1v) is 6.00. The Kier molecular flexibility index (Phi) is 5.26. The fraction of sp³-hybridized carbons (Fsp3) is 0.917. The molecule has 1 rings (SSSR count). The van der Waals surface area contributed by atoms with Crippen LogP contribution in [0.1, 0.15) is 26.2 Å². The van der Waals surface area contributed by atoms with Gasteiger partial charge in [-0.25, -0.2) is 0 Å². The average Bonchev–Trinajstić information content (AvgIpc) is 2.20. The Morgan fingerprint density at radius 2 is 1.93 bits per heavy atom. The number of Topliss-reactive ketones (excluding diaryl/α,β-unsaturated/α-hetero) is 1. The predicted molar refractivity (Wildman–Crippen MR) is 63.0 cm³/mol. The van der Waals surface area contributed by atoms with E-state index in [0.29, 0.717) is 18.7 Å². The lowest BCUT2D eigenvalue weighted by molar-refractivity contribution is -0.120. The van der Waals surface area contributed by atoms with Crippen LogP contribution in [-0.2, 0) is 4.79 Å². The van der Waals surface area contributed by atoms with Gasteiger partial charge in [0.05, 0.1) is 6.54 Å². The molecule has 0 atom stereocenters. The van der Waals surface area contributed by atoms with Gasteiger partial charge in [-0.1, -0.05) is 6.92 Å². The van der Waals surface area contributed by atoms with Crippen molar-refractivity contribution >= 4 is 5.78 Å². The third-order valence-corrected chi connectivity index (χ3v) is 3.12. The molecule has 15 heavy (non-hydrogen) atoms. The number of carbonyl (C=O) groups excluding carboxylic acids is 1. The molecule has 3 heteroatoms. The largest absolute Gasteiger partial charge is 0.309 e. The lowest BCUT2D eigenvalue weighted by Crippen LogP contribution is -2.39. The number of nitrogens with zero attached hydrogens (tertiary/aromatic N) is 2. The van der Waals surface area contributed by atoms with Gasteiger partial charge in [-0.2, -0.15) is 0 Å². The first-order chi connectivity index (χ1) is 7.11. The average molecular weight is 212 g/mol. The number of likely N-dealkylation sites (tertiary alicyclic amines) is 1. The number of hydrogen-bond donors (Lipinski definition) is 0. The molecular weight excluding hydrogens is 188 g/mol. The lowest BCUT2D eigenvalue weighted by Gasteiger charge is -2.32. The van der Waals surface area contributed by atoms with E-state index < -0.39 is 0 Å². The molecule has 0 aromatic rings. The van der Waals surface area contributed by atoms with E-state index in [1.54, 1.807) is 0 Å². The van der Waals surface area contributed by atoms with Crippen molar-refractivity contribution in [1.29, 1.82) is 0 Å². The van der Waals surface area contributed by atoms with Crippen molar-refractivity contribution in [3.63, 3.8) is 0 Å². The fourth-order valence-corrected chi connectivity index (χ4v) is 2.20. The summed E-state index contributed by atoms with van der Waals surface area (Å²) in [4.78, 5) is 15.9. The molecule has 88 valence electrons. The fourth-order valence-electron chi connectivity index (χ4n) is 2.20. The van der Waals surface area contributed by atoms with Crippen LogP contribution in [0.25, 0.3) is 0 Å². The van der Waals surface area contributed by atoms with Crippen molar-refractivity contribution in [3.8, 4) is 0 Å². The van der Waals surface area contributed by atoms with E-state index in [2.05, 4.69) is 23.9 Å². The minimum atomic E-state index is 0.376. The Morgan fingerprint density at radius 1 is 1.33 bits per heavy atom. The van der Waals surface area contributed by atoms with E-state index >= 15 is 0 Å². The van der Waals surface area contributed by atoms with Crippen molar-refractivity contribution in [2.45, 2.75) is 26.2 Å². The first kappa shape index (κ1) is 12.7. The van der Waals surface area contributed by atoms with Gasteiger partial charge in [0, 0.05) is 13.0 Å². The van der Waals surface area contributed by atoms with Crippen molar-refractivity contribution in [3.05, 3.63) is 0 Å². The van der Waals surface area contributed by atoms with Crippen molar-refractivity contribution in [2.75, 3.05) is 40.3 Å². The SMILES string of the molecule is CCC(=O)CN1CCC(CN(C)C)CC1. The Morgan fingerprint density at radius 3 is 2.40 bits per heavy atom. The molecule has 0 N–H and O–H groups in total. The van der Waals surface area contributed by atoms with E-state index in [1.165, 1.54) is 19.4 Å². The molecule has 1 heterocycles. The van der Waals surface area contributed by atoms with Gasteiger partial charge >= 0.3 is 0 Å². The molecule has 0 aliphatic carbocycles. The van der Waals surface area contributed by atoms with E-state index in [0.717, 1.165) is 19.0 Å². The highest BCUT2D eigenvalue weighted by atomic mass is 16.1. The van der Waals surface area contributed by atoms with Crippen LogP contribution in [0.15, 0.2) is 0 Å². The monoisotopic (exact) mass is 212 g/mol. The number of ketones is 1. The second-order valence-electron chi connectivity index (χ2n) is 4.87. The number of hydrogen-bond acceptors (Lipinski definition) is 3. The highest BCUT2D eigenvalue weighted by Crippen LogP contribution is 2.17. The van der Waals surface area contributed by atoms with Crippen LogP contribution in [0.3, 0.4) is 0 Å². The van der Waals surface area contributed by atoms with Gasteiger partial charge in [0.2, 0.25) is 0 Å². The zero-order chi connectivity index (χ0) is 11.3. The van der Waals surface area contributed by atoms with Crippen LogP contribution >= 0.6 is 0 Å². The van der Waals surface area contributed by atoms with Crippen LogP contribution in [-0.4, -0.2) is 55.9 Å². The minimum absolute atomic E-state index is 0.376. The summed E-state index contributed by atoms with van der Waals surface area (Å²) in [6.07, 6.45) is 3.17. The van der Waals surface area contributed by atoms with Crippen LogP contribution in [0.5, 0.6) is 0 Å². The molecule has 0 aromatic heterocycles. The maximum absolute atomic E-state index is 11.3. The van der Waals surface area contributed by atoms with E-state index in [1.807, 2.05) is 6.92 Å². The quantitative estimate of drug-likeness (QED) is 0.685. The van der Waals surface area contributed by atoms with Crippen LogP contribution < -0.4 is 0 Å². The summed E-state index contributed by atoms with van der Waals surface area (Å²) >= 11 is 0. The third kappa shape index (κ3) is 4.76. The molecule has 1 saturated heterocycles. The zero-order valence-electron chi connectivity index (χ0n) is 10.3. The van der Waals surface area contributed by atoms with Gasteiger partial charge in [0.15, 0.2) is 0 Å². The highest BCUT2D eigenvalue weighted by molar-refractivity contribution is 5.80. The van der Waals surface area contributed by atoms with Crippen molar-refractivity contribution in [2.24, 2.45) is 5.92 Å². The normalized spacial score (nSPS) is 19.7. The predicted octanol–water partition coefficient (Wildman–Crippen LogP) is 1.24. The Hall–Kier alpha value is -0.410. The molecule has 1 fully saturated rings. The summed E-state index contributed by atoms with van der Waals surface area (Å²) in [6, 6.07) is 0. The summed E-state index contributed by atoms with van der Waals surface area (Å²) in [5, 5.41) is 0. The maximum atomic E-state index is 11.3. The molecule has 3 nitrogen and oxygen atoms in total. The molecule has 0 radical (unpaired) electrons. The van der Waals surface area contributed by atoms with E-state index in [9.17, 15) is 4.79 Å². The van der Waals surface area contributed by atoms with Gasteiger partial charge in [-0.3, -0.25) is 9.69 Å². The molecule has 1 aliphatic rings. The standard InChI is InChI=1S/C12H24N2O/c1-4-12(15)10-14-7-5-11(6-8-14)9-13(2)3/h11H,4-10H2,1-3H3. The molecule has 0 unspecified atom stereocenters. The van der Waals surface area contributed by atoms with Gasteiger partial charge in [-0.15, -0.1) is 0 Å².